The van der Waals surface area contributed by atoms with Crippen molar-refractivity contribution in [2.24, 2.45) is 0 Å². The predicted octanol–water partition coefficient (Wildman–Crippen LogP) is 4.78. The van der Waals surface area contributed by atoms with Gasteiger partial charge in [0.05, 0.1) is 6.04 Å². The number of rotatable bonds is 6. The summed E-state index contributed by atoms with van der Waals surface area (Å²) in [4.78, 5) is 17.7. The van der Waals surface area contributed by atoms with Crippen LogP contribution in [0.1, 0.15) is 25.7 Å². The summed E-state index contributed by atoms with van der Waals surface area (Å²) in [7, 11) is 0. The molecule has 1 aliphatic rings. The van der Waals surface area contributed by atoms with Gasteiger partial charge in [0.15, 0.2) is 0 Å². The van der Waals surface area contributed by atoms with Crippen LogP contribution in [0.2, 0.25) is 0 Å². The molecule has 0 N–H and O–H groups in total. The molecule has 0 bridgehead atoms. The molecule has 0 saturated carbocycles. The van der Waals surface area contributed by atoms with Crippen LogP contribution >= 0.6 is 0 Å². The Kier molecular flexibility index (Phi) is 6.02. The topological polar surface area (TPSA) is 23.6 Å². The van der Waals surface area contributed by atoms with E-state index in [2.05, 4.69) is 11.5 Å². The van der Waals surface area contributed by atoms with Crippen molar-refractivity contribution in [1.29, 1.82) is 0 Å². The predicted molar refractivity (Wildman–Crippen MR) is 104 cm³/mol. The van der Waals surface area contributed by atoms with Gasteiger partial charge in [-0.15, -0.1) is 6.58 Å². The molecule has 1 fully saturated rings. The van der Waals surface area contributed by atoms with Crippen LogP contribution in [0, 0.1) is 0 Å². The summed E-state index contributed by atoms with van der Waals surface area (Å²) in [5.74, 6) is 0.124. The highest BCUT2D eigenvalue weighted by Gasteiger charge is 2.31. The summed E-state index contributed by atoms with van der Waals surface area (Å²) < 4.78 is 0. The Morgan fingerprint density at radius 1 is 0.960 bits per heavy atom. The Bertz CT molecular complexity index is 638. The van der Waals surface area contributed by atoms with E-state index >= 15 is 0 Å². The van der Waals surface area contributed by atoms with Gasteiger partial charge in [-0.2, -0.15) is 0 Å². The third-order valence-electron chi connectivity index (χ3n) is 4.76. The van der Waals surface area contributed by atoms with Gasteiger partial charge in [0.25, 0.3) is 0 Å². The third-order valence-corrected chi connectivity index (χ3v) is 4.76. The number of anilines is 2. The summed E-state index contributed by atoms with van der Waals surface area (Å²) in [6, 6.07) is 19.7. The van der Waals surface area contributed by atoms with Crippen molar-refractivity contribution in [3.8, 4) is 0 Å². The summed E-state index contributed by atoms with van der Waals surface area (Å²) in [5.41, 5.74) is 1.81. The van der Waals surface area contributed by atoms with E-state index in [0.29, 0.717) is 6.42 Å². The first kappa shape index (κ1) is 17.4. The van der Waals surface area contributed by atoms with Gasteiger partial charge in [0, 0.05) is 11.4 Å². The van der Waals surface area contributed by atoms with E-state index in [9.17, 15) is 4.79 Å². The molecule has 2 aromatic carbocycles. The van der Waals surface area contributed by atoms with Crippen molar-refractivity contribution in [1.82, 2.24) is 4.90 Å². The summed E-state index contributed by atoms with van der Waals surface area (Å²) >= 11 is 0. The molecule has 0 aliphatic carbocycles. The lowest BCUT2D eigenvalue weighted by molar-refractivity contribution is -0.123. The molecule has 1 unspecified atom stereocenters. The molecule has 2 aromatic rings. The minimum Gasteiger partial charge on any atom is -0.292 e. The molecule has 1 saturated heterocycles. The van der Waals surface area contributed by atoms with E-state index in [1.54, 1.807) is 0 Å². The van der Waals surface area contributed by atoms with E-state index in [4.69, 9.17) is 0 Å². The molecule has 3 rings (SSSR count). The number of hydrogen-bond acceptors (Lipinski definition) is 2. The summed E-state index contributed by atoms with van der Waals surface area (Å²) in [6.07, 6.45) is 6.13. The lowest BCUT2D eigenvalue weighted by Crippen LogP contribution is -2.49. The lowest BCUT2D eigenvalue weighted by Gasteiger charge is -2.36. The number of carbonyl (C=O) groups excluding carboxylic acids is 1. The smallest absolute Gasteiger partial charge is 0.249 e. The van der Waals surface area contributed by atoms with Crippen LogP contribution in [0.4, 0.5) is 11.4 Å². The number of likely N-dealkylation sites (tertiary alicyclic amines) is 1. The fourth-order valence-corrected chi connectivity index (χ4v) is 3.50. The molecule has 1 aliphatic heterocycles. The monoisotopic (exact) mass is 334 g/mol. The molecule has 1 amide bonds. The molecule has 1 heterocycles. The van der Waals surface area contributed by atoms with E-state index in [1.165, 1.54) is 6.42 Å². The third kappa shape index (κ3) is 4.18. The zero-order chi connectivity index (χ0) is 17.5. The molecule has 25 heavy (non-hydrogen) atoms. The number of benzene rings is 2. The van der Waals surface area contributed by atoms with Gasteiger partial charge in [-0.1, -0.05) is 48.9 Å². The van der Waals surface area contributed by atoms with Crippen molar-refractivity contribution < 1.29 is 4.79 Å². The maximum absolute atomic E-state index is 13.6. The first-order valence-electron chi connectivity index (χ1n) is 9.10. The highest BCUT2D eigenvalue weighted by Crippen LogP contribution is 2.28. The maximum atomic E-state index is 13.6. The van der Waals surface area contributed by atoms with Crippen molar-refractivity contribution in [3.05, 3.63) is 73.3 Å². The van der Waals surface area contributed by atoms with Crippen LogP contribution in [0.25, 0.3) is 0 Å². The van der Waals surface area contributed by atoms with E-state index < -0.39 is 0 Å². The Morgan fingerprint density at radius 2 is 1.48 bits per heavy atom. The van der Waals surface area contributed by atoms with Crippen LogP contribution in [0.15, 0.2) is 73.3 Å². The van der Waals surface area contributed by atoms with Gasteiger partial charge in [0.1, 0.15) is 0 Å². The van der Waals surface area contributed by atoms with Gasteiger partial charge < -0.3 is 0 Å². The number of para-hydroxylation sites is 2. The van der Waals surface area contributed by atoms with Crippen molar-refractivity contribution in [3.63, 3.8) is 0 Å². The number of nitrogens with zero attached hydrogens (tertiary/aromatic N) is 2. The quantitative estimate of drug-likeness (QED) is 0.710. The lowest BCUT2D eigenvalue weighted by atomic mass is 10.0. The maximum Gasteiger partial charge on any atom is 0.249 e. The van der Waals surface area contributed by atoms with Crippen LogP contribution in [-0.4, -0.2) is 29.9 Å². The van der Waals surface area contributed by atoms with Crippen LogP contribution in [0.5, 0.6) is 0 Å². The van der Waals surface area contributed by atoms with Crippen molar-refractivity contribution in [2.75, 3.05) is 18.0 Å². The Hall–Kier alpha value is -2.39. The summed E-state index contributed by atoms with van der Waals surface area (Å²) in [6.45, 7) is 5.86. The SMILES string of the molecule is C=CCC(C(=O)N(c1ccccc1)c1ccccc1)N1CCCCC1. The fraction of sp³-hybridized carbons (Fsp3) is 0.318. The molecule has 3 heteroatoms. The van der Waals surface area contributed by atoms with E-state index in [0.717, 1.165) is 37.3 Å². The van der Waals surface area contributed by atoms with E-state index in [-0.39, 0.29) is 11.9 Å². The zero-order valence-electron chi connectivity index (χ0n) is 14.7. The molecule has 3 nitrogen and oxygen atoms in total. The van der Waals surface area contributed by atoms with Gasteiger partial charge in [-0.05, 0) is 56.6 Å². The second-order valence-electron chi connectivity index (χ2n) is 6.48. The van der Waals surface area contributed by atoms with Crippen molar-refractivity contribution in [2.45, 2.75) is 31.7 Å². The van der Waals surface area contributed by atoms with Gasteiger partial charge in [-0.3, -0.25) is 14.6 Å². The van der Waals surface area contributed by atoms with Gasteiger partial charge >= 0.3 is 0 Å². The number of carbonyl (C=O) groups is 1. The Labute approximate surface area is 150 Å². The Morgan fingerprint density at radius 3 is 1.96 bits per heavy atom. The van der Waals surface area contributed by atoms with Crippen LogP contribution in [-0.2, 0) is 4.79 Å². The molecule has 0 radical (unpaired) electrons. The average Bonchev–Trinajstić information content (AvgIpc) is 2.68. The molecular formula is C22H26N2O. The number of piperidine rings is 1. The first-order valence-corrected chi connectivity index (χ1v) is 9.10. The standard InChI is InChI=1S/C22H26N2O/c1-2-12-21(23-17-10-5-11-18-23)22(25)24(19-13-6-3-7-14-19)20-15-8-4-9-16-20/h2-4,6-9,13-16,21H,1,5,10-12,17-18H2. The van der Waals surface area contributed by atoms with Gasteiger partial charge in [-0.25, -0.2) is 0 Å². The van der Waals surface area contributed by atoms with Crippen molar-refractivity contribution >= 4 is 17.3 Å². The molecule has 1 atom stereocenters. The molecular weight excluding hydrogens is 308 g/mol. The Balaban J connectivity index is 1.95. The average molecular weight is 334 g/mol. The second kappa shape index (κ2) is 8.63. The molecule has 130 valence electrons. The minimum absolute atomic E-state index is 0.124. The zero-order valence-corrected chi connectivity index (χ0v) is 14.7. The number of amides is 1. The number of hydrogen-bond donors (Lipinski definition) is 0. The highest BCUT2D eigenvalue weighted by molar-refractivity contribution is 6.03. The van der Waals surface area contributed by atoms with Crippen LogP contribution in [0.3, 0.4) is 0 Å². The molecule has 0 spiro atoms. The largest absolute Gasteiger partial charge is 0.292 e. The highest BCUT2D eigenvalue weighted by atomic mass is 16.2. The minimum atomic E-state index is -0.154. The normalized spacial score (nSPS) is 16.2. The van der Waals surface area contributed by atoms with E-state index in [1.807, 2.05) is 71.6 Å². The second-order valence-corrected chi connectivity index (χ2v) is 6.48. The molecule has 0 aromatic heterocycles. The van der Waals surface area contributed by atoms with Crippen LogP contribution < -0.4 is 4.90 Å². The fourth-order valence-electron chi connectivity index (χ4n) is 3.50. The summed E-state index contributed by atoms with van der Waals surface area (Å²) in [5, 5.41) is 0. The first-order chi connectivity index (χ1) is 12.3. The van der Waals surface area contributed by atoms with Gasteiger partial charge in [0.2, 0.25) is 5.91 Å².